The highest BCUT2D eigenvalue weighted by Crippen LogP contribution is 2.32. The van der Waals surface area contributed by atoms with Crippen LogP contribution in [0.2, 0.25) is 0 Å². The summed E-state index contributed by atoms with van der Waals surface area (Å²) < 4.78 is 20.7. The van der Waals surface area contributed by atoms with Gasteiger partial charge < -0.3 is 18.9 Å². The molecule has 30 heavy (non-hydrogen) atoms. The molecule has 2 rings (SSSR count). The van der Waals surface area contributed by atoms with Gasteiger partial charge in [0.25, 0.3) is 0 Å². The molecule has 0 heterocycles. The molecule has 0 bridgehead atoms. The molecule has 0 atom stereocenters. The summed E-state index contributed by atoms with van der Waals surface area (Å²) in [5.41, 5.74) is 3.35. The van der Waals surface area contributed by atoms with Crippen LogP contribution in [0.1, 0.15) is 25.0 Å². The largest absolute Gasteiger partial charge is 0.496 e. The molecule has 2 aromatic rings. The summed E-state index contributed by atoms with van der Waals surface area (Å²) in [6.45, 7) is 4.17. The number of hydrogen-bond acceptors (Lipinski definition) is 6. The van der Waals surface area contributed by atoms with E-state index in [1.165, 1.54) is 12.2 Å². The fourth-order valence-electron chi connectivity index (χ4n) is 2.75. The van der Waals surface area contributed by atoms with E-state index in [2.05, 4.69) is 0 Å². The number of benzene rings is 2. The zero-order valence-electron chi connectivity index (χ0n) is 17.6. The van der Waals surface area contributed by atoms with Crippen LogP contribution < -0.4 is 9.47 Å². The Morgan fingerprint density at radius 3 is 1.47 bits per heavy atom. The Bertz CT molecular complexity index is 865. The number of esters is 2. The summed E-state index contributed by atoms with van der Waals surface area (Å²) in [7, 11) is 3.15. The fraction of sp³-hybridized carbons (Fsp3) is 0.250. The smallest absolute Gasteiger partial charge is 0.330 e. The van der Waals surface area contributed by atoms with Crippen LogP contribution >= 0.6 is 0 Å². The van der Waals surface area contributed by atoms with Crippen LogP contribution in [0, 0.1) is 0 Å². The number of carbonyl (C=O) groups excluding carboxylic acids is 2. The molecule has 0 spiro atoms. The van der Waals surface area contributed by atoms with Crippen molar-refractivity contribution in [1.82, 2.24) is 0 Å². The molecule has 0 saturated heterocycles. The number of methoxy groups -OCH3 is 2. The molecule has 0 aliphatic heterocycles. The summed E-state index contributed by atoms with van der Waals surface area (Å²) in [5.74, 6) is 0.441. The van der Waals surface area contributed by atoms with Crippen LogP contribution in [0.15, 0.2) is 48.6 Å². The Labute approximate surface area is 176 Å². The molecule has 0 fully saturated rings. The van der Waals surface area contributed by atoms with E-state index in [4.69, 9.17) is 18.9 Å². The molecule has 0 aliphatic carbocycles. The molecule has 158 valence electrons. The summed E-state index contributed by atoms with van der Waals surface area (Å²) in [6, 6.07) is 11.4. The molecule has 0 amide bonds. The first-order valence-corrected chi connectivity index (χ1v) is 9.58. The molecule has 0 aromatic heterocycles. The summed E-state index contributed by atoms with van der Waals surface area (Å²) in [4.78, 5) is 23.1. The van der Waals surface area contributed by atoms with Gasteiger partial charge in [0.2, 0.25) is 0 Å². The summed E-state index contributed by atoms with van der Waals surface area (Å²) in [6.07, 6.45) is 6.05. The van der Waals surface area contributed by atoms with E-state index < -0.39 is 11.9 Å². The van der Waals surface area contributed by atoms with Crippen LogP contribution in [0.4, 0.5) is 0 Å². The second kappa shape index (κ2) is 11.5. The maximum atomic E-state index is 11.5. The zero-order chi connectivity index (χ0) is 21.9. The first-order valence-electron chi connectivity index (χ1n) is 9.58. The Kier molecular flexibility index (Phi) is 8.69. The topological polar surface area (TPSA) is 71.1 Å². The molecule has 0 aliphatic rings. The predicted octanol–water partition coefficient (Wildman–Crippen LogP) is 4.52. The quantitative estimate of drug-likeness (QED) is 0.447. The van der Waals surface area contributed by atoms with Crippen LogP contribution in [-0.2, 0) is 19.1 Å². The fourth-order valence-corrected chi connectivity index (χ4v) is 2.75. The first-order chi connectivity index (χ1) is 14.5. The standard InChI is InChI=1S/C24H26O6/c1-5-29-23(25)13-11-17-7-9-19(15-21(17)27-3)20-10-8-18(22(16-20)28-4)12-14-24(26)30-6-2/h7-16H,5-6H2,1-4H3/b13-11+,14-12+. The van der Waals surface area contributed by atoms with Gasteiger partial charge in [-0.3, -0.25) is 0 Å². The molecule has 0 unspecified atom stereocenters. The average Bonchev–Trinajstić information content (AvgIpc) is 2.76. The van der Waals surface area contributed by atoms with Gasteiger partial charge in [-0.2, -0.15) is 0 Å². The number of hydrogen-bond donors (Lipinski definition) is 0. The number of ether oxygens (including phenoxy) is 4. The van der Waals surface area contributed by atoms with Crippen molar-refractivity contribution in [3.05, 3.63) is 59.7 Å². The lowest BCUT2D eigenvalue weighted by atomic mass is 10.0. The molecule has 6 heteroatoms. The van der Waals surface area contributed by atoms with Crippen molar-refractivity contribution in [2.24, 2.45) is 0 Å². The molecule has 0 saturated carbocycles. The highest BCUT2D eigenvalue weighted by Gasteiger charge is 2.08. The molecule has 0 radical (unpaired) electrons. The van der Waals surface area contributed by atoms with Gasteiger partial charge >= 0.3 is 11.9 Å². The minimum absolute atomic E-state index is 0.325. The van der Waals surface area contributed by atoms with Gasteiger partial charge in [0.15, 0.2) is 0 Å². The van der Waals surface area contributed by atoms with Crippen molar-refractivity contribution in [1.29, 1.82) is 0 Å². The van der Waals surface area contributed by atoms with E-state index in [1.54, 1.807) is 40.2 Å². The zero-order valence-corrected chi connectivity index (χ0v) is 17.6. The Balaban J connectivity index is 2.30. The molecule has 2 aromatic carbocycles. The van der Waals surface area contributed by atoms with Crippen molar-refractivity contribution < 1.29 is 28.5 Å². The lowest BCUT2D eigenvalue weighted by Crippen LogP contribution is -1.99. The summed E-state index contributed by atoms with van der Waals surface area (Å²) in [5, 5.41) is 0. The predicted molar refractivity (Wildman–Crippen MR) is 116 cm³/mol. The van der Waals surface area contributed by atoms with Crippen molar-refractivity contribution >= 4 is 24.1 Å². The maximum Gasteiger partial charge on any atom is 0.330 e. The molecular formula is C24H26O6. The van der Waals surface area contributed by atoms with Gasteiger partial charge in [-0.25, -0.2) is 9.59 Å². The number of carbonyl (C=O) groups is 2. The van der Waals surface area contributed by atoms with Crippen molar-refractivity contribution in [2.45, 2.75) is 13.8 Å². The van der Waals surface area contributed by atoms with Gasteiger partial charge in [-0.1, -0.05) is 24.3 Å². The lowest BCUT2D eigenvalue weighted by molar-refractivity contribution is -0.138. The second-order valence-electron chi connectivity index (χ2n) is 6.08. The van der Waals surface area contributed by atoms with Crippen molar-refractivity contribution in [3.8, 4) is 22.6 Å². The van der Waals surface area contributed by atoms with E-state index in [0.717, 1.165) is 22.3 Å². The Hall–Kier alpha value is -3.54. The van der Waals surface area contributed by atoms with Crippen LogP contribution in [-0.4, -0.2) is 39.4 Å². The molecular weight excluding hydrogens is 384 g/mol. The third-order valence-electron chi connectivity index (χ3n) is 4.17. The summed E-state index contributed by atoms with van der Waals surface area (Å²) >= 11 is 0. The first kappa shape index (κ1) is 22.7. The van der Waals surface area contributed by atoms with E-state index in [9.17, 15) is 9.59 Å². The molecule has 0 N–H and O–H groups in total. The minimum Gasteiger partial charge on any atom is -0.496 e. The normalized spacial score (nSPS) is 10.9. The van der Waals surface area contributed by atoms with Crippen LogP contribution in [0.5, 0.6) is 11.5 Å². The SMILES string of the molecule is CCOC(=O)/C=C/c1ccc(-c2ccc(/C=C/C(=O)OCC)c(OC)c2)cc1OC. The molecule has 6 nitrogen and oxygen atoms in total. The Morgan fingerprint density at radius 1 is 0.733 bits per heavy atom. The number of rotatable bonds is 9. The van der Waals surface area contributed by atoms with Gasteiger partial charge in [0, 0.05) is 23.3 Å². The lowest BCUT2D eigenvalue weighted by Gasteiger charge is -2.11. The minimum atomic E-state index is -0.403. The highest BCUT2D eigenvalue weighted by molar-refractivity contribution is 5.89. The average molecular weight is 410 g/mol. The van der Waals surface area contributed by atoms with Crippen LogP contribution in [0.25, 0.3) is 23.3 Å². The van der Waals surface area contributed by atoms with Crippen molar-refractivity contribution in [2.75, 3.05) is 27.4 Å². The van der Waals surface area contributed by atoms with Crippen molar-refractivity contribution in [3.63, 3.8) is 0 Å². The van der Waals surface area contributed by atoms with E-state index >= 15 is 0 Å². The maximum absolute atomic E-state index is 11.5. The van der Waals surface area contributed by atoms with E-state index in [-0.39, 0.29) is 0 Å². The third-order valence-corrected chi connectivity index (χ3v) is 4.17. The van der Waals surface area contributed by atoms with Gasteiger partial charge in [0.1, 0.15) is 11.5 Å². The monoisotopic (exact) mass is 410 g/mol. The van der Waals surface area contributed by atoms with Gasteiger partial charge in [-0.15, -0.1) is 0 Å². The highest BCUT2D eigenvalue weighted by atomic mass is 16.5. The third kappa shape index (κ3) is 6.24. The van der Waals surface area contributed by atoms with Crippen LogP contribution in [0.3, 0.4) is 0 Å². The Morgan fingerprint density at radius 2 is 1.13 bits per heavy atom. The van der Waals surface area contributed by atoms with E-state index in [0.29, 0.717) is 24.7 Å². The van der Waals surface area contributed by atoms with Gasteiger partial charge in [-0.05, 0) is 49.3 Å². The second-order valence-corrected chi connectivity index (χ2v) is 6.08. The van der Waals surface area contributed by atoms with E-state index in [1.807, 2.05) is 36.4 Å². The van der Waals surface area contributed by atoms with Gasteiger partial charge in [0.05, 0.1) is 27.4 Å².